The Morgan fingerprint density at radius 2 is 0.509 bits per heavy atom. The van der Waals surface area contributed by atoms with Crippen LogP contribution in [0.15, 0.2) is 0 Å². The molecule has 2 unspecified atom stereocenters. The zero-order valence-electron chi connectivity index (χ0n) is 26.1. The van der Waals surface area contributed by atoms with Gasteiger partial charge in [0.05, 0.1) is 0 Å². The van der Waals surface area contributed by atoms with Crippen LogP contribution in [0.2, 0.25) is 0 Å². The van der Waals surface area contributed by atoms with Gasteiger partial charge in [0, 0.05) is 24.7 Å². The highest BCUT2D eigenvalue weighted by molar-refractivity contribution is 8.01. The molecule has 0 saturated carbocycles. The summed E-state index contributed by atoms with van der Waals surface area (Å²) in [6.07, 6.45) is -25.1. The third-order valence-electron chi connectivity index (χ3n) is 7.75. The molecule has 0 nitrogen and oxygen atoms in total. The quantitative estimate of drug-likeness (QED) is 0.110. The molecule has 0 fully saturated rings. The SMILES string of the molecule is CCC(CCC(F)(F)F)C(F)(F)C(F)(F)C(F)(F)C(F)(F)C(F)(F)C(F)(F)SC(F)(F)C(F)(F)C(F)(F)C(F)(F)C(F)(F)C(F)(F)C(CC)CCC(F)(F)F. The molecule has 0 amide bonds. The average Bonchev–Trinajstić information content (AvgIpc) is 2.94. The monoisotopic (exact) mass is 910 g/mol. The Morgan fingerprint density at radius 1 is 0.309 bits per heavy atom. The maximum Gasteiger partial charge on any atom is 0.389 e. The standard InChI is InChI=1S/C24H20F30S/c1-3-9(5-7-11(25,26)27)13(31,32)15(35,36)17(39,40)19(43,44)21(47,48)23(51,52)55-24(53,54)22(49,50)20(45,46)18(41,42)16(37,38)14(33,34)10(4-2)6-8-12(28,29)30/h9-10H,3-8H2,1-2H3. The summed E-state index contributed by atoms with van der Waals surface area (Å²) in [4.78, 5) is 0. The molecule has 0 aromatic rings. The number of rotatable bonds is 20. The molecule has 0 heterocycles. The zero-order valence-corrected chi connectivity index (χ0v) is 27.0. The van der Waals surface area contributed by atoms with Crippen molar-refractivity contribution < 1.29 is 132 Å². The van der Waals surface area contributed by atoms with Crippen LogP contribution >= 0.6 is 11.8 Å². The molecular weight excluding hydrogens is 890 g/mol. The summed E-state index contributed by atoms with van der Waals surface area (Å²) in [5.41, 5.74) is 0. The average molecular weight is 910 g/mol. The van der Waals surface area contributed by atoms with Crippen LogP contribution in [0.25, 0.3) is 0 Å². The van der Waals surface area contributed by atoms with E-state index < -0.39 is 144 Å². The van der Waals surface area contributed by atoms with Crippen LogP contribution < -0.4 is 0 Å². The van der Waals surface area contributed by atoms with Gasteiger partial charge in [0.25, 0.3) is 0 Å². The molecule has 2 atom stereocenters. The van der Waals surface area contributed by atoms with Crippen LogP contribution in [0, 0.1) is 11.8 Å². The molecule has 0 aliphatic carbocycles. The van der Waals surface area contributed by atoms with Crippen LogP contribution in [-0.2, 0) is 0 Å². The van der Waals surface area contributed by atoms with E-state index in [-0.39, 0.29) is 13.8 Å². The minimum atomic E-state index is -9.05. The number of hydrogen-bond donors (Lipinski definition) is 0. The smallest absolute Gasteiger partial charge is 0.199 e. The molecule has 0 aromatic carbocycles. The molecule has 0 bridgehead atoms. The van der Waals surface area contributed by atoms with Crippen molar-refractivity contribution in [1.29, 1.82) is 0 Å². The second-order valence-electron chi connectivity index (χ2n) is 11.5. The predicted octanol–water partition coefficient (Wildman–Crippen LogP) is 14.0. The molecule has 0 N–H and O–H groups in total. The molecular formula is C24H20F30S. The van der Waals surface area contributed by atoms with Crippen LogP contribution in [0.5, 0.6) is 0 Å². The first-order chi connectivity index (χ1) is 23.5. The Kier molecular flexibility index (Phi) is 14.6. The van der Waals surface area contributed by atoms with E-state index in [1.807, 2.05) is 0 Å². The highest BCUT2D eigenvalue weighted by Crippen LogP contribution is 2.68. The van der Waals surface area contributed by atoms with Gasteiger partial charge in [0.2, 0.25) is 0 Å². The Hall–Kier alpha value is -1.75. The van der Waals surface area contributed by atoms with Crippen LogP contribution in [0.3, 0.4) is 0 Å². The fourth-order valence-corrected chi connectivity index (χ4v) is 5.17. The van der Waals surface area contributed by atoms with Crippen molar-refractivity contribution in [2.45, 2.75) is 134 Å². The van der Waals surface area contributed by atoms with E-state index in [0.29, 0.717) is 0 Å². The van der Waals surface area contributed by atoms with Crippen molar-refractivity contribution in [2.24, 2.45) is 11.8 Å². The maximum absolute atomic E-state index is 14.3. The number of hydrogen-bond acceptors (Lipinski definition) is 1. The minimum Gasteiger partial charge on any atom is -0.199 e. The summed E-state index contributed by atoms with van der Waals surface area (Å²) in [5.74, 6) is -92.3. The second kappa shape index (κ2) is 15.1. The van der Waals surface area contributed by atoms with Gasteiger partial charge in [-0.3, -0.25) is 0 Å². The van der Waals surface area contributed by atoms with Gasteiger partial charge in [-0.15, -0.1) is 0 Å². The van der Waals surface area contributed by atoms with Gasteiger partial charge in [0.15, 0.2) is 0 Å². The van der Waals surface area contributed by atoms with Crippen molar-refractivity contribution in [2.75, 3.05) is 0 Å². The van der Waals surface area contributed by atoms with Crippen LogP contribution in [-0.4, -0.2) is 82.1 Å². The Labute approximate surface area is 290 Å². The van der Waals surface area contributed by atoms with Gasteiger partial charge in [-0.2, -0.15) is 132 Å². The molecule has 31 heteroatoms. The molecule has 332 valence electrons. The number of halogens is 30. The van der Waals surface area contributed by atoms with Crippen molar-refractivity contribution in [1.82, 2.24) is 0 Å². The lowest BCUT2D eigenvalue weighted by Gasteiger charge is -2.44. The summed E-state index contributed by atoms with van der Waals surface area (Å²) >= 11 is -4.62. The Bertz CT molecular complexity index is 1180. The lowest BCUT2D eigenvalue weighted by molar-refractivity contribution is -0.424. The summed E-state index contributed by atoms with van der Waals surface area (Å²) < 4.78 is 414. The molecule has 0 radical (unpaired) electrons. The largest absolute Gasteiger partial charge is 0.389 e. The molecule has 0 rings (SSSR count). The third-order valence-corrected chi connectivity index (χ3v) is 8.78. The Morgan fingerprint density at radius 3 is 0.691 bits per heavy atom. The normalized spacial score (nSPS) is 17.5. The Balaban J connectivity index is 7.13. The van der Waals surface area contributed by atoms with Crippen molar-refractivity contribution in [3.05, 3.63) is 0 Å². The molecule has 0 aliphatic heterocycles. The number of alkyl halides is 30. The predicted molar refractivity (Wildman–Crippen MR) is 125 cm³/mol. The first-order valence-electron chi connectivity index (χ1n) is 13.9. The number of thioether (sulfide) groups is 1. The molecule has 0 aliphatic rings. The maximum atomic E-state index is 14.3. The lowest BCUT2D eigenvalue weighted by Crippen LogP contribution is -2.72. The van der Waals surface area contributed by atoms with Crippen LogP contribution in [0.1, 0.15) is 52.4 Å². The van der Waals surface area contributed by atoms with E-state index in [0.717, 1.165) is 0 Å². The van der Waals surface area contributed by atoms with Crippen LogP contribution in [0.4, 0.5) is 132 Å². The van der Waals surface area contributed by atoms with E-state index in [9.17, 15) is 132 Å². The second-order valence-corrected chi connectivity index (χ2v) is 12.7. The van der Waals surface area contributed by atoms with E-state index in [4.69, 9.17) is 0 Å². The van der Waals surface area contributed by atoms with Crippen molar-refractivity contribution >= 4 is 11.8 Å². The fraction of sp³-hybridized carbons (Fsp3) is 1.00. The molecule has 0 saturated heterocycles. The van der Waals surface area contributed by atoms with E-state index in [2.05, 4.69) is 0 Å². The topological polar surface area (TPSA) is 0 Å². The first-order valence-corrected chi connectivity index (χ1v) is 14.7. The summed E-state index contributed by atoms with van der Waals surface area (Å²) in [6, 6.07) is 0. The van der Waals surface area contributed by atoms with Gasteiger partial charge >= 0.3 is 82.1 Å². The van der Waals surface area contributed by atoms with Gasteiger partial charge in [-0.25, -0.2) is 0 Å². The first kappa shape index (κ1) is 53.2. The summed E-state index contributed by atoms with van der Waals surface area (Å²) in [7, 11) is 0. The molecule has 0 spiro atoms. The van der Waals surface area contributed by atoms with Gasteiger partial charge in [-0.1, -0.05) is 13.8 Å². The summed E-state index contributed by atoms with van der Waals surface area (Å²) in [6.45, 7) is 0.324. The molecule has 55 heavy (non-hydrogen) atoms. The molecule has 0 aromatic heterocycles. The van der Waals surface area contributed by atoms with Gasteiger partial charge < -0.3 is 0 Å². The third kappa shape index (κ3) is 8.83. The van der Waals surface area contributed by atoms with Gasteiger partial charge in [0.1, 0.15) is 0 Å². The van der Waals surface area contributed by atoms with Gasteiger partial charge in [-0.05, 0) is 37.4 Å². The highest BCUT2D eigenvalue weighted by Gasteiger charge is 2.94. The summed E-state index contributed by atoms with van der Waals surface area (Å²) in [5, 5.41) is -17.1. The van der Waals surface area contributed by atoms with Crippen molar-refractivity contribution in [3.63, 3.8) is 0 Å². The lowest BCUT2D eigenvalue weighted by atomic mass is 9.84. The van der Waals surface area contributed by atoms with E-state index in [1.54, 1.807) is 0 Å². The van der Waals surface area contributed by atoms with E-state index >= 15 is 0 Å². The highest BCUT2D eigenvalue weighted by atomic mass is 32.2. The van der Waals surface area contributed by atoms with Crippen molar-refractivity contribution in [3.8, 4) is 0 Å². The minimum absolute atomic E-state index is 0.162. The van der Waals surface area contributed by atoms with E-state index in [1.165, 1.54) is 0 Å². The fourth-order valence-electron chi connectivity index (χ4n) is 4.33. The zero-order chi connectivity index (χ0) is 45.1.